The Morgan fingerprint density at radius 3 is 3.00 bits per heavy atom. The molecule has 7 nitrogen and oxygen atoms in total. The van der Waals surface area contributed by atoms with Crippen LogP contribution < -0.4 is 10.6 Å². The molecule has 22 heavy (non-hydrogen) atoms. The molecule has 1 aromatic heterocycles. The first-order chi connectivity index (χ1) is 10.8. The largest absolute Gasteiger partial charge is 0.379 e. The van der Waals surface area contributed by atoms with Crippen LogP contribution in [-0.4, -0.2) is 71.0 Å². The minimum atomic E-state index is -0.126. The van der Waals surface area contributed by atoms with Gasteiger partial charge in [0.1, 0.15) is 0 Å². The van der Waals surface area contributed by atoms with Crippen LogP contribution in [0.15, 0.2) is 12.3 Å². The Hall–Kier alpha value is -1.25. The fraction of sp³-hybridized carbons (Fsp3) is 0.714. The summed E-state index contributed by atoms with van der Waals surface area (Å²) in [5.74, 6) is 2.24. The predicted octanol–water partition coefficient (Wildman–Crippen LogP) is 0.417. The van der Waals surface area contributed by atoms with E-state index in [2.05, 4.69) is 25.7 Å². The fourth-order valence-electron chi connectivity index (χ4n) is 3.00. The highest BCUT2D eigenvalue weighted by molar-refractivity contribution is 7.99. The van der Waals surface area contributed by atoms with Crippen LogP contribution in [0, 0.1) is 0 Å². The van der Waals surface area contributed by atoms with Crippen molar-refractivity contribution in [2.45, 2.75) is 18.5 Å². The van der Waals surface area contributed by atoms with E-state index in [1.54, 1.807) is 6.20 Å². The number of carbonyl (C=O) groups excluding carboxylic acids is 1. The first-order valence-electron chi connectivity index (χ1n) is 7.69. The smallest absolute Gasteiger partial charge is 0.315 e. The van der Waals surface area contributed by atoms with Gasteiger partial charge < -0.3 is 15.4 Å². The number of carbonyl (C=O) groups is 1. The monoisotopic (exact) mass is 325 g/mol. The van der Waals surface area contributed by atoms with E-state index >= 15 is 0 Å². The van der Waals surface area contributed by atoms with Crippen molar-refractivity contribution >= 4 is 17.8 Å². The molecule has 0 aromatic carbocycles. The molecule has 2 amide bonds. The maximum Gasteiger partial charge on any atom is 0.315 e. The normalized spacial score (nSPS) is 26.0. The zero-order valence-electron chi connectivity index (χ0n) is 12.6. The first kappa shape index (κ1) is 15.6. The molecule has 0 spiro atoms. The van der Waals surface area contributed by atoms with E-state index in [0.29, 0.717) is 13.1 Å². The highest BCUT2D eigenvalue weighted by atomic mass is 32.2. The van der Waals surface area contributed by atoms with Gasteiger partial charge >= 0.3 is 6.03 Å². The van der Waals surface area contributed by atoms with Crippen LogP contribution in [0.2, 0.25) is 0 Å². The molecule has 0 unspecified atom stereocenters. The van der Waals surface area contributed by atoms with Gasteiger partial charge in [0.2, 0.25) is 0 Å². The molecule has 2 aliphatic heterocycles. The van der Waals surface area contributed by atoms with Crippen LogP contribution in [0.1, 0.15) is 12.1 Å². The van der Waals surface area contributed by atoms with Crippen molar-refractivity contribution in [3.63, 3.8) is 0 Å². The average Bonchev–Trinajstić information content (AvgIpc) is 3.24. The number of aromatic amines is 1. The zero-order valence-corrected chi connectivity index (χ0v) is 13.5. The lowest BCUT2D eigenvalue weighted by Gasteiger charge is -2.43. The van der Waals surface area contributed by atoms with E-state index in [-0.39, 0.29) is 11.6 Å². The van der Waals surface area contributed by atoms with Crippen molar-refractivity contribution in [2.24, 2.45) is 0 Å². The molecule has 1 aromatic rings. The number of rotatable bonds is 5. The Morgan fingerprint density at radius 2 is 2.32 bits per heavy atom. The van der Waals surface area contributed by atoms with E-state index in [4.69, 9.17) is 4.74 Å². The van der Waals surface area contributed by atoms with Crippen LogP contribution in [0.5, 0.6) is 0 Å². The quantitative estimate of drug-likeness (QED) is 0.731. The molecule has 2 aliphatic rings. The van der Waals surface area contributed by atoms with Gasteiger partial charge in [0.05, 0.1) is 25.5 Å². The molecular formula is C14H23N5O2S. The number of morpholine rings is 1. The summed E-state index contributed by atoms with van der Waals surface area (Å²) in [6.07, 6.45) is 2.80. The summed E-state index contributed by atoms with van der Waals surface area (Å²) >= 11 is 1.97. The van der Waals surface area contributed by atoms with Crippen molar-refractivity contribution in [1.82, 2.24) is 25.7 Å². The maximum atomic E-state index is 12.0. The highest BCUT2D eigenvalue weighted by Crippen LogP contribution is 2.33. The predicted molar refractivity (Wildman–Crippen MR) is 85.9 cm³/mol. The maximum absolute atomic E-state index is 12.0. The summed E-state index contributed by atoms with van der Waals surface area (Å²) in [5.41, 5.74) is 0.981. The summed E-state index contributed by atoms with van der Waals surface area (Å²) in [5, 5.41) is 12.6. The molecule has 0 saturated carbocycles. The molecule has 3 heterocycles. The molecule has 122 valence electrons. The number of ether oxygens (including phenoxy) is 1. The molecule has 1 atom stereocenters. The number of hydrogen-bond donors (Lipinski definition) is 3. The zero-order chi connectivity index (χ0) is 15.3. The third kappa shape index (κ3) is 3.74. The summed E-state index contributed by atoms with van der Waals surface area (Å²) in [6.45, 7) is 4.65. The van der Waals surface area contributed by atoms with Crippen LogP contribution in [0.3, 0.4) is 0 Å². The summed E-state index contributed by atoms with van der Waals surface area (Å²) in [4.78, 5) is 14.5. The van der Waals surface area contributed by atoms with Gasteiger partial charge in [-0.2, -0.15) is 16.9 Å². The van der Waals surface area contributed by atoms with Gasteiger partial charge in [-0.05, 0) is 18.2 Å². The average molecular weight is 325 g/mol. The summed E-state index contributed by atoms with van der Waals surface area (Å²) in [6, 6.07) is 1.72. The molecule has 0 radical (unpaired) electrons. The van der Waals surface area contributed by atoms with Crippen LogP contribution in [0.25, 0.3) is 0 Å². The van der Waals surface area contributed by atoms with Crippen molar-refractivity contribution in [1.29, 1.82) is 0 Å². The van der Waals surface area contributed by atoms with Gasteiger partial charge in [-0.3, -0.25) is 10.00 Å². The first-order valence-corrected chi connectivity index (χ1v) is 8.84. The van der Waals surface area contributed by atoms with Gasteiger partial charge in [-0.1, -0.05) is 0 Å². The Kier molecular flexibility index (Phi) is 5.22. The van der Waals surface area contributed by atoms with Crippen LogP contribution in [-0.2, 0) is 11.3 Å². The number of thioether (sulfide) groups is 1. The lowest BCUT2D eigenvalue weighted by Crippen LogP contribution is -2.59. The Bertz CT molecular complexity index is 470. The molecule has 0 aliphatic carbocycles. The van der Waals surface area contributed by atoms with Crippen LogP contribution >= 0.6 is 11.8 Å². The van der Waals surface area contributed by atoms with Crippen molar-refractivity contribution in [3.8, 4) is 0 Å². The lowest BCUT2D eigenvalue weighted by molar-refractivity contribution is -0.0124. The standard InChI is InChI=1S/C14H23N5O2S/c20-13(15-9-12-1-3-17-18-12)16-10-14(2-8-22-11-14)19-4-6-21-7-5-19/h1,3H,2,4-11H2,(H,17,18)(H2,15,16,20)/t14-/m1/s1. The minimum Gasteiger partial charge on any atom is -0.379 e. The molecule has 0 bridgehead atoms. The number of H-pyrrole nitrogens is 1. The number of amides is 2. The SMILES string of the molecule is O=C(NCc1ccn[nH]1)NC[C@]1(N2CCOCC2)CCSC1. The second-order valence-corrected chi connectivity index (χ2v) is 6.85. The molecule has 8 heteroatoms. The molecule has 3 N–H and O–H groups in total. The van der Waals surface area contributed by atoms with Crippen molar-refractivity contribution in [3.05, 3.63) is 18.0 Å². The van der Waals surface area contributed by atoms with Gasteiger partial charge in [-0.15, -0.1) is 0 Å². The van der Waals surface area contributed by atoms with E-state index in [0.717, 1.165) is 49.9 Å². The third-order valence-corrected chi connectivity index (χ3v) is 5.57. The summed E-state index contributed by atoms with van der Waals surface area (Å²) < 4.78 is 5.45. The number of nitrogens with zero attached hydrogens (tertiary/aromatic N) is 2. The second kappa shape index (κ2) is 7.34. The number of hydrogen-bond acceptors (Lipinski definition) is 5. The minimum absolute atomic E-state index is 0.0831. The molecule has 3 rings (SSSR count). The van der Waals surface area contributed by atoms with Crippen molar-refractivity contribution < 1.29 is 9.53 Å². The van der Waals surface area contributed by atoms with E-state index in [1.807, 2.05) is 17.8 Å². The van der Waals surface area contributed by atoms with Gasteiger partial charge in [0, 0.05) is 37.1 Å². The lowest BCUT2D eigenvalue weighted by atomic mass is 9.95. The summed E-state index contributed by atoms with van der Waals surface area (Å²) in [7, 11) is 0. The molecule has 2 saturated heterocycles. The van der Waals surface area contributed by atoms with E-state index in [9.17, 15) is 4.79 Å². The number of nitrogens with one attached hydrogen (secondary N) is 3. The van der Waals surface area contributed by atoms with Gasteiger partial charge in [0.25, 0.3) is 0 Å². The van der Waals surface area contributed by atoms with Gasteiger partial charge in [0.15, 0.2) is 0 Å². The Balaban J connectivity index is 1.49. The molecule has 2 fully saturated rings. The molecular weight excluding hydrogens is 302 g/mol. The van der Waals surface area contributed by atoms with Crippen LogP contribution in [0.4, 0.5) is 4.79 Å². The van der Waals surface area contributed by atoms with Crippen molar-refractivity contribution in [2.75, 3.05) is 44.4 Å². The second-order valence-electron chi connectivity index (χ2n) is 5.74. The van der Waals surface area contributed by atoms with E-state index in [1.165, 1.54) is 0 Å². The number of urea groups is 1. The van der Waals surface area contributed by atoms with Gasteiger partial charge in [-0.25, -0.2) is 4.79 Å². The highest BCUT2D eigenvalue weighted by Gasteiger charge is 2.40. The Morgan fingerprint density at radius 1 is 1.45 bits per heavy atom. The third-order valence-electron chi connectivity index (χ3n) is 4.34. The topological polar surface area (TPSA) is 82.3 Å². The Labute approximate surface area is 134 Å². The number of aromatic nitrogens is 2. The fourth-order valence-corrected chi connectivity index (χ4v) is 4.48. The van der Waals surface area contributed by atoms with E-state index < -0.39 is 0 Å².